The van der Waals surface area contributed by atoms with Gasteiger partial charge in [0.05, 0.1) is 11.0 Å². The van der Waals surface area contributed by atoms with Crippen LogP contribution in [0, 0.1) is 13.8 Å². The average molecular weight is 162 g/mol. The molecule has 62 valence electrons. The molecule has 0 bridgehead atoms. The molecule has 0 aliphatic rings. The Balaban J connectivity index is 3.03. The number of hydrogen-bond acceptors (Lipinski definition) is 1. The smallest absolute Gasteiger partial charge is 0.305 e. The number of hydrogen-bond donors (Lipinski definition) is 2. The van der Waals surface area contributed by atoms with Gasteiger partial charge >= 0.3 is 5.69 Å². The zero-order chi connectivity index (χ0) is 8.72. The topological polar surface area (TPSA) is 48.6 Å². The maximum absolute atomic E-state index is 11.0. The summed E-state index contributed by atoms with van der Waals surface area (Å²) in [5.74, 6) is 0. The number of aromatic nitrogens is 2. The van der Waals surface area contributed by atoms with E-state index in [1.165, 1.54) is 0 Å². The van der Waals surface area contributed by atoms with E-state index in [0.717, 1.165) is 22.2 Å². The number of H-pyrrole nitrogens is 2. The van der Waals surface area contributed by atoms with Crippen molar-refractivity contribution in [2.45, 2.75) is 13.8 Å². The Kier molecular flexibility index (Phi) is 1.33. The minimum Gasteiger partial charge on any atom is -0.305 e. The van der Waals surface area contributed by atoms with Gasteiger partial charge in [-0.25, -0.2) is 4.79 Å². The lowest BCUT2D eigenvalue weighted by molar-refractivity contribution is 1.21. The number of nitrogens with one attached hydrogen (secondary N) is 2. The summed E-state index contributed by atoms with van der Waals surface area (Å²) in [6, 6.07) is 4.00. The van der Waals surface area contributed by atoms with Crippen molar-refractivity contribution in [3.05, 3.63) is 33.7 Å². The van der Waals surface area contributed by atoms with Crippen molar-refractivity contribution in [3.63, 3.8) is 0 Å². The van der Waals surface area contributed by atoms with Crippen molar-refractivity contribution in [2.75, 3.05) is 0 Å². The van der Waals surface area contributed by atoms with Gasteiger partial charge in [0.15, 0.2) is 0 Å². The lowest BCUT2D eigenvalue weighted by Gasteiger charge is -1.97. The van der Waals surface area contributed by atoms with E-state index in [-0.39, 0.29) is 5.69 Å². The average Bonchev–Trinajstić information content (AvgIpc) is 2.41. The van der Waals surface area contributed by atoms with Crippen LogP contribution in [-0.2, 0) is 0 Å². The molecule has 3 nitrogen and oxygen atoms in total. The minimum atomic E-state index is -0.137. The van der Waals surface area contributed by atoms with Crippen LogP contribution in [0.4, 0.5) is 0 Å². The van der Waals surface area contributed by atoms with Gasteiger partial charge in [-0.15, -0.1) is 0 Å². The van der Waals surface area contributed by atoms with Crippen LogP contribution in [0.25, 0.3) is 11.0 Å². The molecule has 0 atom stereocenters. The van der Waals surface area contributed by atoms with E-state index in [1.807, 2.05) is 26.0 Å². The van der Waals surface area contributed by atoms with Crippen molar-refractivity contribution in [2.24, 2.45) is 0 Å². The zero-order valence-corrected chi connectivity index (χ0v) is 7.06. The molecule has 2 N–H and O–H groups in total. The third-order valence-electron chi connectivity index (χ3n) is 2.10. The Labute approximate surface area is 69.4 Å². The maximum Gasteiger partial charge on any atom is 0.323 e. The molecular weight excluding hydrogens is 152 g/mol. The van der Waals surface area contributed by atoms with Crippen LogP contribution in [0.3, 0.4) is 0 Å². The van der Waals surface area contributed by atoms with E-state index >= 15 is 0 Å². The summed E-state index contributed by atoms with van der Waals surface area (Å²) in [7, 11) is 0. The molecule has 0 radical (unpaired) electrons. The first-order valence-corrected chi connectivity index (χ1v) is 3.86. The Hall–Kier alpha value is -1.51. The molecule has 0 saturated carbocycles. The van der Waals surface area contributed by atoms with Crippen molar-refractivity contribution in [1.82, 2.24) is 9.97 Å². The van der Waals surface area contributed by atoms with E-state index < -0.39 is 0 Å². The summed E-state index contributed by atoms with van der Waals surface area (Å²) >= 11 is 0. The molecule has 0 aliphatic heterocycles. The van der Waals surface area contributed by atoms with Crippen LogP contribution in [0.1, 0.15) is 11.1 Å². The molecule has 1 aromatic heterocycles. The predicted molar refractivity (Wildman–Crippen MR) is 48.4 cm³/mol. The summed E-state index contributed by atoms with van der Waals surface area (Å²) in [4.78, 5) is 16.5. The first-order chi connectivity index (χ1) is 5.68. The number of benzene rings is 1. The van der Waals surface area contributed by atoms with E-state index in [4.69, 9.17) is 0 Å². The standard InChI is InChI=1S/C9H10N2O/c1-5-3-4-6(2)8-7(5)10-9(12)11-8/h3-4H,1-2H3,(H2,10,11,12). The van der Waals surface area contributed by atoms with Crippen molar-refractivity contribution in [3.8, 4) is 0 Å². The molecule has 0 spiro atoms. The highest BCUT2D eigenvalue weighted by Gasteiger charge is 2.02. The fraction of sp³-hybridized carbons (Fsp3) is 0.222. The number of rotatable bonds is 0. The highest BCUT2D eigenvalue weighted by molar-refractivity contribution is 5.81. The molecule has 2 rings (SSSR count). The number of imidazole rings is 1. The van der Waals surface area contributed by atoms with Gasteiger partial charge in [0.1, 0.15) is 0 Å². The van der Waals surface area contributed by atoms with Gasteiger partial charge in [-0.3, -0.25) is 0 Å². The number of fused-ring (bicyclic) bond motifs is 1. The van der Waals surface area contributed by atoms with Crippen LogP contribution in [0.15, 0.2) is 16.9 Å². The Morgan fingerprint density at radius 2 is 1.42 bits per heavy atom. The second kappa shape index (κ2) is 2.24. The van der Waals surface area contributed by atoms with Crippen molar-refractivity contribution >= 4 is 11.0 Å². The molecule has 3 heteroatoms. The Morgan fingerprint density at radius 3 is 1.83 bits per heavy atom. The molecule has 0 saturated heterocycles. The number of aromatic amines is 2. The highest BCUT2D eigenvalue weighted by atomic mass is 16.1. The molecule has 0 amide bonds. The van der Waals surface area contributed by atoms with Crippen LogP contribution in [0.2, 0.25) is 0 Å². The molecule has 0 aliphatic carbocycles. The summed E-state index contributed by atoms with van der Waals surface area (Å²) < 4.78 is 0. The minimum absolute atomic E-state index is 0.137. The van der Waals surface area contributed by atoms with Crippen molar-refractivity contribution < 1.29 is 0 Å². The van der Waals surface area contributed by atoms with Gasteiger partial charge in [-0.1, -0.05) is 12.1 Å². The van der Waals surface area contributed by atoms with Gasteiger partial charge in [0.25, 0.3) is 0 Å². The quantitative estimate of drug-likeness (QED) is 0.605. The third kappa shape index (κ3) is 0.863. The van der Waals surface area contributed by atoms with Gasteiger partial charge in [0, 0.05) is 0 Å². The molecule has 0 fully saturated rings. The van der Waals surface area contributed by atoms with Gasteiger partial charge < -0.3 is 9.97 Å². The molecule has 0 unspecified atom stereocenters. The van der Waals surface area contributed by atoms with Crippen molar-refractivity contribution in [1.29, 1.82) is 0 Å². The maximum atomic E-state index is 11.0. The third-order valence-corrected chi connectivity index (χ3v) is 2.10. The largest absolute Gasteiger partial charge is 0.323 e. The van der Waals surface area contributed by atoms with Gasteiger partial charge in [-0.05, 0) is 25.0 Å². The van der Waals surface area contributed by atoms with Crippen LogP contribution >= 0.6 is 0 Å². The summed E-state index contributed by atoms with van der Waals surface area (Å²) in [6.45, 7) is 3.96. The van der Waals surface area contributed by atoms with Crippen LogP contribution in [-0.4, -0.2) is 9.97 Å². The second-order valence-corrected chi connectivity index (χ2v) is 3.03. The Morgan fingerprint density at radius 1 is 1.00 bits per heavy atom. The van der Waals surface area contributed by atoms with E-state index in [2.05, 4.69) is 9.97 Å². The summed E-state index contributed by atoms with van der Waals surface area (Å²) in [5.41, 5.74) is 3.88. The molecule has 1 heterocycles. The zero-order valence-electron chi connectivity index (χ0n) is 7.06. The van der Waals surface area contributed by atoms with Gasteiger partial charge in [-0.2, -0.15) is 0 Å². The van der Waals surface area contributed by atoms with E-state index in [9.17, 15) is 4.79 Å². The molecule has 1 aromatic carbocycles. The second-order valence-electron chi connectivity index (χ2n) is 3.03. The van der Waals surface area contributed by atoms with E-state index in [0.29, 0.717) is 0 Å². The Bertz CT molecular complexity index is 437. The first kappa shape index (κ1) is 7.16. The number of aryl methyl sites for hydroxylation is 2. The molecule has 2 aromatic rings. The lowest BCUT2D eigenvalue weighted by Crippen LogP contribution is -1.99. The SMILES string of the molecule is Cc1ccc(C)c2[nH]c(=O)[nH]c12. The fourth-order valence-corrected chi connectivity index (χ4v) is 1.39. The van der Waals surface area contributed by atoms with Crippen LogP contribution < -0.4 is 5.69 Å². The van der Waals surface area contributed by atoms with E-state index in [1.54, 1.807) is 0 Å². The predicted octanol–water partition coefficient (Wildman–Crippen LogP) is 1.47. The summed E-state index contributed by atoms with van der Waals surface area (Å²) in [5, 5.41) is 0. The fourth-order valence-electron chi connectivity index (χ4n) is 1.39. The summed E-state index contributed by atoms with van der Waals surface area (Å²) in [6.07, 6.45) is 0. The first-order valence-electron chi connectivity index (χ1n) is 3.86. The van der Waals surface area contributed by atoms with Crippen LogP contribution in [0.5, 0.6) is 0 Å². The lowest BCUT2D eigenvalue weighted by atomic mass is 10.1. The van der Waals surface area contributed by atoms with Gasteiger partial charge in [0.2, 0.25) is 0 Å². The molecular formula is C9H10N2O. The highest BCUT2D eigenvalue weighted by Crippen LogP contribution is 2.15. The monoisotopic (exact) mass is 162 g/mol. The molecule has 12 heavy (non-hydrogen) atoms. The normalized spacial score (nSPS) is 10.8.